The van der Waals surface area contributed by atoms with E-state index in [0.29, 0.717) is 5.92 Å². The zero-order valence-corrected chi connectivity index (χ0v) is 5.71. The first kappa shape index (κ1) is 5.71. The molecule has 2 heteroatoms. The van der Waals surface area contributed by atoms with Gasteiger partial charge < -0.3 is 0 Å². The van der Waals surface area contributed by atoms with Crippen molar-refractivity contribution in [2.45, 2.75) is 24.1 Å². The molecular formula is C5H8Cl2. The Morgan fingerprint density at radius 3 is 2.00 bits per heavy atom. The van der Waals surface area contributed by atoms with E-state index in [9.17, 15) is 0 Å². The normalized spacial score (nSPS) is 51.0. The molecule has 0 heterocycles. The minimum absolute atomic E-state index is 0.238. The van der Waals surface area contributed by atoms with Gasteiger partial charge in [0.1, 0.15) is 0 Å². The van der Waals surface area contributed by atoms with E-state index in [2.05, 4.69) is 6.92 Å². The molecule has 0 nitrogen and oxygen atoms in total. The standard InChI is InChI=1S/C5H8Cl2/c1-3-2-4(6)5(3)7/h3-5H,2H2,1H3. The molecule has 1 aliphatic rings. The monoisotopic (exact) mass is 138 g/mol. The maximum Gasteiger partial charge on any atom is 0.0525 e. The minimum atomic E-state index is 0.238. The van der Waals surface area contributed by atoms with Gasteiger partial charge in [0, 0.05) is 0 Å². The Balaban J connectivity index is 2.29. The summed E-state index contributed by atoms with van der Waals surface area (Å²) < 4.78 is 0. The Bertz CT molecular complexity index is 64.5. The van der Waals surface area contributed by atoms with Gasteiger partial charge in [-0.1, -0.05) is 6.92 Å². The second-order valence-corrected chi connectivity index (χ2v) is 3.24. The lowest BCUT2D eigenvalue weighted by molar-refractivity contribution is 0.364. The molecule has 7 heavy (non-hydrogen) atoms. The molecule has 0 aromatic heterocycles. The van der Waals surface area contributed by atoms with Crippen LogP contribution in [0, 0.1) is 5.92 Å². The van der Waals surface area contributed by atoms with Crippen LogP contribution < -0.4 is 0 Å². The SMILES string of the molecule is CC1CC(Cl)C1Cl. The van der Waals surface area contributed by atoms with Crippen molar-refractivity contribution in [1.29, 1.82) is 0 Å². The summed E-state index contributed by atoms with van der Waals surface area (Å²) in [5.74, 6) is 0.643. The molecule has 0 aromatic rings. The molecule has 0 amide bonds. The molecule has 1 fully saturated rings. The Morgan fingerprint density at radius 2 is 2.00 bits per heavy atom. The largest absolute Gasteiger partial charge is 0.121 e. The van der Waals surface area contributed by atoms with Crippen molar-refractivity contribution in [3.8, 4) is 0 Å². The maximum atomic E-state index is 5.72. The van der Waals surface area contributed by atoms with Crippen LogP contribution in [-0.2, 0) is 0 Å². The summed E-state index contributed by atoms with van der Waals surface area (Å²) in [7, 11) is 0. The maximum absolute atomic E-state index is 5.72. The molecule has 1 aliphatic carbocycles. The van der Waals surface area contributed by atoms with Gasteiger partial charge in [0.2, 0.25) is 0 Å². The fourth-order valence-corrected chi connectivity index (χ4v) is 1.51. The summed E-state index contributed by atoms with van der Waals surface area (Å²) in [5.41, 5.74) is 0. The number of halogens is 2. The average molecular weight is 139 g/mol. The lowest BCUT2D eigenvalue weighted by atomic mass is 9.86. The van der Waals surface area contributed by atoms with Gasteiger partial charge in [0.05, 0.1) is 10.8 Å². The van der Waals surface area contributed by atoms with Crippen LogP contribution in [0.1, 0.15) is 13.3 Å². The Morgan fingerprint density at radius 1 is 1.43 bits per heavy atom. The zero-order chi connectivity index (χ0) is 5.44. The van der Waals surface area contributed by atoms with Crippen LogP contribution in [0.15, 0.2) is 0 Å². The van der Waals surface area contributed by atoms with E-state index in [1.54, 1.807) is 0 Å². The molecule has 42 valence electrons. The van der Waals surface area contributed by atoms with E-state index in [-0.39, 0.29) is 10.8 Å². The summed E-state index contributed by atoms with van der Waals surface area (Å²) in [6, 6.07) is 0. The smallest absolute Gasteiger partial charge is 0.0525 e. The summed E-state index contributed by atoms with van der Waals surface area (Å²) in [6.45, 7) is 2.12. The highest BCUT2D eigenvalue weighted by molar-refractivity contribution is 6.31. The second-order valence-electron chi connectivity index (χ2n) is 2.17. The van der Waals surface area contributed by atoms with Crippen molar-refractivity contribution in [2.75, 3.05) is 0 Å². The molecule has 3 atom stereocenters. The molecule has 1 saturated carbocycles. The molecule has 0 aliphatic heterocycles. The third-order valence-corrected chi connectivity index (χ3v) is 2.80. The van der Waals surface area contributed by atoms with Crippen LogP contribution in [0.4, 0.5) is 0 Å². The summed E-state index contributed by atoms with van der Waals surface area (Å²) in [6.07, 6.45) is 1.09. The van der Waals surface area contributed by atoms with Crippen LogP contribution >= 0.6 is 23.2 Å². The molecule has 3 unspecified atom stereocenters. The van der Waals surface area contributed by atoms with Gasteiger partial charge in [-0.15, -0.1) is 23.2 Å². The third kappa shape index (κ3) is 0.872. The highest BCUT2D eigenvalue weighted by Gasteiger charge is 2.34. The van der Waals surface area contributed by atoms with Crippen LogP contribution in [0.25, 0.3) is 0 Å². The van der Waals surface area contributed by atoms with Crippen LogP contribution in [-0.4, -0.2) is 10.8 Å². The fourth-order valence-electron chi connectivity index (χ4n) is 0.776. The van der Waals surface area contributed by atoms with E-state index < -0.39 is 0 Å². The Kier molecular flexibility index (Phi) is 1.49. The van der Waals surface area contributed by atoms with Gasteiger partial charge in [-0.3, -0.25) is 0 Å². The van der Waals surface area contributed by atoms with E-state index in [1.165, 1.54) is 0 Å². The number of hydrogen-bond acceptors (Lipinski definition) is 0. The van der Waals surface area contributed by atoms with Crippen LogP contribution in [0.3, 0.4) is 0 Å². The highest BCUT2D eigenvalue weighted by Crippen LogP contribution is 2.36. The van der Waals surface area contributed by atoms with E-state index in [4.69, 9.17) is 23.2 Å². The second kappa shape index (κ2) is 1.83. The molecule has 0 spiro atoms. The van der Waals surface area contributed by atoms with E-state index in [1.807, 2.05) is 0 Å². The molecular weight excluding hydrogens is 131 g/mol. The predicted octanol–water partition coefficient (Wildman–Crippen LogP) is 2.24. The molecule has 0 N–H and O–H groups in total. The first-order valence-corrected chi connectivity index (χ1v) is 3.37. The molecule has 0 aromatic carbocycles. The molecule has 0 bridgehead atoms. The van der Waals surface area contributed by atoms with Gasteiger partial charge in [0.15, 0.2) is 0 Å². The van der Waals surface area contributed by atoms with Crippen molar-refractivity contribution in [3.63, 3.8) is 0 Å². The number of hydrogen-bond donors (Lipinski definition) is 0. The molecule has 0 saturated heterocycles. The zero-order valence-electron chi connectivity index (χ0n) is 4.20. The van der Waals surface area contributed by atoms with Gasteiger partial charge in [0.25, 0.3) is 0 Å². The lowest BCUT2D eigenvalue weighted by Gasteiger charge is -2.33. The van der Waals surface area contributed by atoms with Gasteiger partial charge >= 0.3 is 0 Å². The summed E-state index contributed by atoms with van der Waals surface area (Å²) in [4.78, 5) is 0. The van der Waals surface area contributed by atoms with Gasteiger partial charge in [-0.2, -0.15) is 0 Å². The Labute approximate surface area is 53.8 Å². The number of rotatable bonds is 0. The van der Waals surface area contributed by atoms with Crippen molar-refractivity contribution in [2.24, 2.45) is 5.92 Å². The van der Waals surface area contributed by atoms with Gasteiger partial charge in [-0.25, -0.2) is 0 Å². The average Bonchev–Trinajstić information content (AvgIpc) is 1.68. The first-order valence-electron chi connectivity index (χ1n) is 2.50. The van der Waals surface area contributed by atoms with Crippen molar-refractivity contribution in [3.05, 3.63) is 0 Å². The van der Waals surface area contributed by atoms with Gasteiger partial charge in [-0.05, 0) is 12.3 Å². The molecule has 1 rings (SSSR count). The third-order valence-electron chi connectivity index (χ3n) is 1.49. The number of alkyl halides is 2. The van der Waals surface area contributed by atoms with Crippen LogP contribution in [0.5, 0.6) is 0 Å². The fraction of sp³-hybridized carbons (Fsp3) is 1.00. The first-order chi connectivity index (χ1) is 3.22. The van der Waals surface area contributed by atoms with Crippen molar-refractivity contribution >= 4 is 23.2 Å². The van der Waals surface area contributed by atoms with Crippen molar-refractivity contribution in [1.82, 2.24) is 0 Å². The Hall–Kier alpha value is 0.580. The quantitative estimate of drug-likeness (QED) is 0.451. The predicted molar refractivity (Wildman–Crippen MR) is 33.1 cm³/mol. The highest BCUT2D eigenvalue weighted by atomic mass is 35.5. The van der Waals surface area contributed by atoms with Crippen LogP contribution in [0.2, 0.25) is 0 Å². The molecule has 0 radical (unpaired) electrons. The summed E-state index contributed by atoms with van der Waals surface area (Å²) in [5, 5.41) is 0.485. The summed E-state index contributed by atoms with van der Waals surface area (Å²) >= 11 is 11.4. The van der Waals surface area contributed by atoms with E-state index in [0.717, 1.165) is 6.42 Å². The van der Waals surface area contributed by atoms with Crippen molar-refractivity contribution < 1.29 is 0 Å². The topological polar surface area (TPSA) is 0 Å². The lowest BCUT2D eigenvalue weighted by Crippen LogP contribution is -2.36. The minimum Gasteiger partial charge on any atom is -0.121 e. The van der Waals surface area contributed by atoms with E-state index >= 15 is 0 Å².